The van der Waals surface area contributed by atoms with Gasteiger partial charge in [0.1, 0.15) is 12.1 Å². The highest BCUT2D eigenvalue weighted by atomic mass is 16.6. The number of alkyl carbamates (subject to hydrolysis) is 1. The summed E-state index contributed by atoms with van der Waals surface area (Å²) in [6.45, 7) is 10.2. The van der Waals surface area contributed by atoms with E-state index in [0.29, 0.717) is 30.8 Å². The number of fused-ring (bicyclic) bond motifs is 1. The van der Waals surface area contributed by atoms with E-state index in [1.165, 1.54) is 17.0 Å². The van der Waals surface area contributed by atoms with Crippen molar-refractivity contribution < 1.29 is 28.7 Å². The number of imide groups is 1. The van der Waals surface area contributed by atoms with Gasteiger partial charge in [-0.05, 0) is 71.6 Å². The summed E-state index contributed by atoms with van der Waals surface area (Å²) < 4.78 is 5.14. The number of hydrogen-bond acceptors (Lipinski definition) is 6. The van der Waals surface area contributed by atoms with E-state index in [2.05, 4.69) is 10.6 Å². The predicted octanol–water partition coefficient (Wildman–Crippen LogP) is 2.18. The molecule has 0 radical (unpaired) electrons. The summed E-state index contributed by atoms with van der Waals surface area (Å²) in [6, 6.07) is 4.31. The van der Waals surface area contributed by atoms with E-state index in [0.717, 1.165) is 12.8 Å². The Kier molecular flexibility index (Phi) is 7.82. The molecule has 0 unspecified atom stereocenters. The fraction of sp³-hybridized carbons (Fsp3) is 0.560. The number of rotatable bonds is 6. The minimum absolute atomic E-state index is 0.121. The monoisotopic (exact) mass is 486 g/mol. The van der Waals surface area contributed by atoms with Crippen LogP contribution in [0.2, 0.25) is 0 Å². The number of piperidine rings is 1. The number of ether oxygens (including phenoxy) is 1. The Bertz CT molecular complexity index is 1020. The molecule has 2 aliphatic rings. The third-order valence-corrected chi connectivity index (χ3v) is 6.00. The summed E-state index contributed by atoms with van der Waals surface area (Å²) >= 11 is 0. The van der Waals surface area contributed by atoms with Gasteiger partial charge in [0, 0.05) is 31.2 Å². The molecule has 3 rings (SSSR count). The molecular formula is C25H34N4O6. The third-order valence-electron chi connectivity index (χ3n) is 6.00. The summed E-state index contributed by atoms with van der Waals surface area (Å²) in [5, 5.41) is 5.38. The summed E-state index contributed by atoms with van der Waals surface area (Å²) in [5.74, 6) is -0.999. The molecule has 1 fully saturated rings. The highest BCUT2D eigenvalue weighted by Crippen LogP contribution is 2.26. The molecule has 5 amide bonds. The van der Waals surface area contributed by atoms with Crippen LogP contribution in [-0.4, -0.2) is 77.3 Å². The highest BCUT2D eigenvalue weighted by molar-refractivity contribution is 6.22. The lowest BCUT2D eigenvalue weighted by atomic mass is 9.96. The molecule has 1 aromatic carbocycles. The van der Waals surface area contributed by atoms with Crippen molar-refractivity contribution in [3.63, 3.8) is 0 Å². The predicted molar refractivity (Wildman–Crippen MR) is 128 cm³/mol. The van der Waals surface area contributed by atoms with E-state index in [1.807, 2.05) is 0 Å². The van der Waals surface area contributed by atoms with Gasteiger partial charge >= 0.3 is 6.09 Å². The number of likely N-dealkylation sites (tertiary alicyclic amines) is 1. The molecule has 2 aliphatic heterocycles. The van der Waals surface area contributed by atoms with Gasteiger partial charge in [-0.1, -0.05) is 0 Å². The number of nitrogens with one attached hydrogen (secondary N) is 2. The maximum absolute atomic E-state index is 12.7. The van der Waals surface area contributed by atoms with Crippen molar-refractivity contribution >= 4 is 29.7 Å². The van der Waals surface area contributed by atoms with Crippen LogP contribution in [0.3, 0.4) is 0 Å². The van der Waals surface area contributed by atoms with Crippen LogP contribution in [0.5, 0.6) is 0 Å². The van der Waals surface area contributed by atoms with Gasteiger partial charge in [0.05, 0.1) is 11.1 Å². The van der Waals surface area contributed by atoms with Gasteiger partial charge in [0.15, 0.2) is 0 Å². The lowest BCUT2D eigenvalue weighted by Gasteiger charge is -2.32. The average molecular weight is 487 g/mol. The van der Waals surface area contributed by atoms with Gasteiger partial charge in [0.25, 0.3) is 17.7 Å². The Morgan fingerprint density at radius 3 is 2.26 bits per heavy atom. The number of benzene rings is 1. The molecule has 0 saturated carbocycles. The van der Waals surface area contributed by atoms with E-state index in [-0.39, 0.29) is 47.7 Å². The standard InChI is InChI=1S/C25H34N4O6/c1-15(2)29-22(32)18-7-6-17(12-19(18)23(29)33)21(31)26-13-16-8-10-28(11-9-16)20(30)14-27-24(34)35-25(3,4)5/h6-7,12,15-16H,8-11,13-14H2,1-5H3,(H,26,31)(H,27,34). The molecule has 2 N–H and O–H groups in total. The SMILES string of the molecule is CC(C)N1C(=O)c2ccc(C(=O)NCC3CCN(C(=O)CNC(=O)OC(C)(C)C)CC3)cc2C1=O. The van der Waals surface area contributed by atoms with Crippen molar-refractivity contribution in [2.45, 2.75) is 59.1 Å². The summed E-state index contributed by atoms with van der Waals surface area (Å²) in [6.07, 6.45) is 0.816. The minimum atomic E-state index is -0.628. The van der Waals surface area contributed by atoms with Crippen molar-refractivity contribution in [2.24, 2.45) is 5.92 Å². The number of carbonyl (C=O) groups excluding carboxylic acids is 5. The molecule has 2 heterocycles. The topological polar surface area (TPSA) is 125 Å². The Labute approximate surface area is 205 Å². The van der Waals surface area contributed by atoms with Gasteiger partial charge in [-0.15, -0.1) is 0 Å². The van der Waals surface area contributed by atoms with Crippen LogP contribution in [0.1, 0.15) is 78.5 Å². The molecule has 0 aliphatic carbocycles. The van der Waals surface area contributed by atoms with Crippen LogP contribution in [-0.2, 0) is 9.53 Å². The summed E-state index contributed by atoms with van der Waals surface area (Å²) in [5.41, 5.74) is 0.273. The maximum atomic E-state index is 12.7. The first-order valence-electron chi connectivity index (χ1n) is 11.9. The van der Waals surface area contributed by atoms with Crippen LogP contribution in [0, 0.1) is 5.92 Å². The number of amides is 5. The van der Waals surface area contributed by atoms with Gasteiger partial charge < -0.3 is 20.3 Å². The average Bonchev–Trinajstić information content (AvgIpc) is 3.04. The lowest BCUT2D eigenvalue weighted by molar-refractivity contribution is -0.131. The van der Waals surface area contributed by atoms with E-state index >= 15 is 0 Å². The smallest absolute Gasteiger partial charge is 0.408 e. The van der Waals surface area contributed by atoms with Gasteiger partial charge in [0.2, 0.25) is 5.91 Å². The molecule has 0 atom stereocenters. The first-order valence-corrected chi connectivity index (χ1v) is 11.9. The lowest BCUT2D eigenvalue weighted by Crippen LogP contribution is -2.46. The van der Waals surface area contributed by atoms with Gasteiger partial charge in [-0.25, -0.2) is 4.79 Å². The Balaban J connectivity index is 1.45. The second kappa shape index (κ2) is 10.5. The van der Waals surface area contributed by atoms with Crippen LogP contribution in [0.4, 0.5) is 4.79 Å². The highest BCUT2D eigenvalue weighted by Gasteiger charge is 2.37. The fourth-order valence-corrected chi connectivity index (χ4v) is 4.17. The molecule has 10 heteroatoms. The Morgan fingerprint density at radius 2 is 1.66 bits per heavy atom. The Morgan fingerprint density at radius 1 is 1.03 bits per heavy atom. The second-order valence-corrected chi connectivity index (χ2v) is 10.2. The molecule has 190 valence electrons. The number of nitrogens with zero attached hydrogens (tertiary/aromatic N) is 2. The molecular weight excluding hydrogens is 452 g/mol. The zero-order valence-corrected chi connectivity index (χ0v) is 21.0. The van der Waals surface area contributed by atoms with Crippen molar-refractivity contribution in [3.8, 4) is 0 Å². The number of carbonyl (C=O) groups is 5. The van der Waals surface area contributed by atoms with E-state index in [1.54, 1.807) is 45.6 Å². The van der Waals surface area contributed by atoms with Gasteiger partial charge in [-0.3, -0.25) is 24.1 Å². The fourth-order valence-electron chi connectivity index (χ4n) is 4.17. The van der Waals surface area contributed by atoms with Crippen molar-refractivity contribution in [1.29, 1.82) is 0 Å². The molecule has 1 aromatic rings. The molecule has 0 bridgehead atoms. The van der Waals surface area contributed by atoms with Gasteiger partial charge in [-0.2, -0.15) is 0 Å². The van der Waals surface area contributed by atoms with Crippen LogP contribution in [0.25, 0.3) is 0 Å². The molecule has 0 spiro atoms. The molecule has 10 nitrogen and oxygen atoms in total. The minimum Gasteiger partial charge on any atom is -0.444 e. The quantitative estimate of drug-likeness (QED) is 0.594. The zero-order chi connectivity index (χ0) is 25.9. The molecule has 35 heavy (non-hydrogen) atoms. The second-order valence-electron chi connectivity index (χ2n) is 10.2. The zero-order valence-electron chi connectivity index (χ0n) is 21.0. The van der Waals surface area contributed by atoms with E-state index in [9.17, 15) is 24.0 Å². The maximum Gasteiger partial charge on any atom is 0.408 e. The van der Waals surface area contributed by atoms with Crippen LogP contribution in [0.15, 0.2) is 18.2 Å². The summed E-state index contributed by atoms with van der Waals surface area (Å²) in [7, 11) is 0. The first-order chi connectivity index (χ1) is 16.4. The van der Waals surface area contributed by atoms with Crippen LogP contribution < -0.4 is 10.6 Å². The van der Waals surface area contributed by atoms with Crippen molar-refractivity contribution in [3.05, 3.63) is 34.9 Å². The van der Waals surface area contributed by atoms with E-state index in [4.69, 9.17) is 4.74 Å². The Hall–Kier alpha value is -3.43. The van der Waals surface area contributed by atoms with Crippen molar-refractivity contribution in [1.82, 2.24) is 20.4 Å². The van der Waals surface area contributed by atoms with E-state index < -0.39 is 11.7 Å². The summed E-state index contributed by atoms with van der Waals surface area (Å²) in [4.78, 5) is 64.6. The molecule has 1 saturated heterocycles. The third kappa shape index (κ3) is 6.37. The number of hydrogen-bond donors (Lipinski definition) is 2. The largest absolute Gasteiger partial charge is 0.444 e. The molecule has 0 aromatic heterocycles. The van der Waals surface area contributed by atoms with Crippen LogP contribution >= 0.6 is 0 Å². The normalized spacial score (nSPS) is 16.4. The van der Waals surface area contributed by atoms with Crippen molar-refractivity contribution in [2.75, 3.05) is 26.2 Å². The first kappa shape index (κ1) is 26.2.